The van der Waals surface area contributed by atoms with Crippen molar-refractivity contribution in [3.8, 4) is 11.8 Å². The molecule has 0 aliphatic rings. The molecule has 1 aromatic carbocycles. The van der Waals surface area contributed by atoms with Gasteiger partial charge in [0, 0.05) is 6.04 Å². The van der Waals surface area contributed by atoms with Gasteiger partial charge in [0.1, 0.15) is 5.75 Å². The first-order chi connectivity index (χ1) is 6.69. The Hall–Kier alpha value is -0.950. The van der Waals surface area contributed by atoms with Gasteiger partial charge in [-0.05, 0) is 17.7 Å². The molecule has 82 valence electrons. The van der Waals surface area contributed by atoms with Gasteiger partial charge in [-0.25, -0.2) is 0 Å². The standard InChI is InChI=1S/C10H11ClN2O.ClH/c1-14-10-6-7(2-3-8(10)11)9(13)4-5-12;/h2-3,6,9H,4,13H2,1H3;1H/t9-;/m1./s1. The minimum atomic E-state index is -0.286. The molecule has 1 aromatic rings. The quantitative estimate of drug-likeness (QED) is 0.893. The second-order valence-electron chi connectivity index (χ2n) is 2.86. The number of nitriles is 1. The van der Waals surface area contributed by atoms with Gasteiger partial charge in [0.05, 0.1) is 24.6 Å². The van der Waals surface area contributed by atoms with E-state index in [9.17, 15) is 0 Å². The van der Waals surface area contributed by atoms with Crippen LogP contribution >= 0.6 is 24.0 Å². The molecule has 0 unspecified atom stereocenters. The SMILES string of the molecule is COc1cc([C@H](N)CC#N)ccc1Cl.Cl. The second kappa shape index (κ2) is 6.52. The smallest absolute Gasteiger partial charge is 0.137 e. The van der Waals surface area contributed by atoms with E-state index in [1.807, 2.05) is 6.07 Å². The van der Waals surface area contributed by atoms with E-state index in [1.54, 1.807) is 25.3 Å². The molecule has 0 aromatic heterocycles. The highest BCUT2D eigenvalue weighted by Crippen LogP contribution is 2.27. The fraction of sp³-hybridized carbons (Fsp3) is 0.300. The van der Waals surface area contributed by atoms with Crippen molar-refractivity contribution in [2.45, 2.75) is 12.5 Å². The van der Waals surface area contributed by atoms with E-state index in [0.29, 0.717) is 10.8 Å². The van der Waals surface area contributed by atoms with E-state index in [1.165, 1.54) is 0 Å². The van der Waals surface area contributed by atoms with Crippen LogP contribution in [0.4, 0.5) is 0 Å². The van der Waals surface area contributed by atoms with Crippen LogP contribution in [0.3, 0.4) is 0 Å². The molecule has 3 nitrogen and oxygen atoms in total. The van der Waals surface area contributed by atoms with Gasteiger partial charge in [-0.3, -0.25) is 0 Å². The van der Waals surface area contributed by atoms with Crippen molar-refractivity contribution in [1.82, 2.24) is 0 Å². The van der Waals surface area contributed by atoms with E-state index >= 15 is 0 Å². The minimum Gasteiger partial charge on any atom is -0.495 e. The zero-order chi connectivity index (χ0) is 10.6. The van der Waals surface area contributed by atoms with E-state index < -0.39 is 0 Å². The summed E-state index contributed by atoms with van der Waals surface area (Å²) in [7, 11) is 1.54. The van der Waals surface area contributed by atoms with Crippen molar-refractivity contribution in [3.05, 3.63) is 28.8 Å². The van der Waals surface area contributed by atoms with Gasteiger partial charge in [-0.1, -0.05) is 17.7 Å². The molecule has 0 bridgehead atoms. The average Bonchev–Trinajstić information content (AvgIpc) is 2.19. The lowest BCUT2D eigenvalue weighted by atomic mass is 10.1. The van der Waals surface area contributed by atoms with Crippen LogP contribution in [0.25, 0.3) is 0 Å². The maximum absolute atomic E-state index is 8.49. The number of halogens is 2. The third kappa shape index (κ3) is 3.60. The summed E-state index contributed by atoms with van der Waals surface area (Å²) in [5.74, 6) is 0.581. The van der Waals surface area contributed by atoms with Crippen LogP contribution < -0.4 is 10.5 Å². The Labute approximate surface area is 100 Å². The summed E-state index contributed by atoms with van der Waals surface area (Å²) < 4.78 is 5.04. The number of nitrogens with two attached hydrogens (primary N) is 1. The second-order valence-corrected chi connectivity index (χ2v) is 3.27. The number of nitrogens with zero attached hydrogens (tertiary/aromatic N) is 1. The van der Waals surface area contributed by atoms with Gasteiger partial charge >= 0.3 is 0 Å². The summed E-state index contributed by atoms with van der Waals surface area (Å²) in [6.07, 6.45) is 0.283. The van der Waals surface area contributed by atoms with Crippen molar-refractivity contribution in [2.24, 2.45) is 5.73 Å². The monoisotopic (exact) mass is 246 g/mol. The maximum Gasteiger partial charge on any atom is 0.137 e. The highest BCUT2D eigenvalue weighted by Gasteiger charge is 2.08. The van der Waals surface area contributed by atoms with E-state index in [0.717, 1.165) is 5.56 Å². The van der Waals surface area contributed by atoms with Crippen molar-refractivity contribution in [1.29, 1.82) is 5.26 Å². The van der Waals surface area contributed by atoms with Crippen molar-refractivity contribution < 1.29 is 4.74 Å². The fourth-order valence-electron chi connectivity index (χ4n) is 1.12. The Morgan fingerprint density at radius 3 is 2.80 bits per heavy atom. The molecule has 0 heterocycles. The topological polar surface area (TPSA) is 59.0 Å². The number of hydrogen-bond donors (Lipinski definition) is 1. The molecule has 0 aliphatic carbocycles. The molecule has 2 N–H and O–H groups in total. The molecule has 0 radical (unpaired) electrons. The normalized spacial score (nSPS) is 11.1. The third-order valence-corrected chi connectivity index (χ3v) is 2.23. The first kappa shape index (κ1) is 14.1. The summed E-state index contributed by atoms with van der Waals surface area (Å²) in [4.78, 5) is 0. The first-order valence-corrected chi connectivity index (χ1v) is 4.52. The molecule has 0 fully saturated rings. The molecule has 0 saturated heterocycles. The van der Waals surface area contributed by atoms with Crippen molar-refractivity contribution in [2.75, 3.05) is 7.11 Å². The molecule has 5 heteroatoms. The van der Waals surface area contributed by atoms with Crippen molar-refractivity contribution >= 4 is 24.0 Å². The predicted octanol–water partition coefficient (Wildman–Crippen LogP) is 2.68. The third-order valence-electron chi connectivity index (χ3n) is 1.91. The Bertz CT molecular complexity index is 363. The molecule has 0 aliphatic heterocycles. The van der Waals surface area contributed by atoms with E-state index in [4.69, 9.17) is 27.3 Å². The minimum absolute atomic E-state index is 0. The van der Waals surface area contributed by atoms with Crippen LogP contribution in [0.1, 0.15) is 18.0 Å². The molecule has 1 atom stereocenters. The van der Waals surface area contributed by atoms with Crippen LogP contribution in [0, 0.1) is 11.3 Å². The molecule has 0 spiro atoms. The van der Waals surface area contributed by atoms with Gasteiger partial charge in [0.2, 0.25) is 0 Å². The number of methoxy groups -OCH3 is 1. The first-order valence-electron chi connectivity index (χ1n) is 4.15. The van der Waals surface area contributed by atoms with Crippen molar-refractivity contribution in [3.63, 3.8) is 0 Å². The van der Waals surface area contributed by atoms with Crippen LogP contribution in [0.2, 0.25) is 5.02 Å². The number of ether oxygens (including phenoxy) is 1. The van der Waals surface area contributed by atoms with Crippen LogP contribution in [0.5, 0.6) is 5.75 Å². The van der Waals surface area contributed by atoms with Gasteiger partial charge in [-0.15, -0.1) is 12.4 Å². The summed E-state index contributed by atoms with van der Waals surface area (Å²) in [6.45, 7) is 0. The number of hydrogen-bond acceptors (Lipinski definition) is 3. The Balaban J connectivity index is 0.00000196. The summed E-state index contributed by atoms with van der Waals surface area (Å²) in [5, 5.41) is 9.03. The number of rotatable bonds is 3. The molecular weight excluding hydrogens is 235 g/mol. The summed E-state index contributed by atoms with van der Waals surface area (Å²) in [6, 6.07) is 7.00. The summed E-state index contributed by atoms with van der Waals surface area (Å²) in [5.41, 5.74) is 6.61. The van der Waals surface area contributed by atoms with Gasteiger partial charge in [0.25, 0.3) is 0 Å². The van der Waals surface area contributed by atoms with Crippen LogP contribution in [0.15, 0.2) is 18.2 Å². The molecule has 0 saturated carbocycles. The summed E-state index contributed by atoms with van der Waals surface area (Å²) >= 11 is 5.85. The highest BCUT2D eigenvalue weighted by molar-refractivity contribution is 6.32. The van der Waals surface area contributed by atoms with Gasteiger partial charge in [0.15, 0.2) is 0 Å². The zero-order valence-corrected chi connectivity index (χ0v) is 9.81. The molecule has 1 rings (SSSR count). The van der Waals surface area contributed by atoms with Gasteiger partial charge < -0.3 is 10.5 Å². The lowest BCUT2D eigenvalue weighted by Crippen LogP contribution is -2.09. The largest absolute Gasteiger partial charge is 0.495 e. The van der Waals surface area contributed by atoms with Crippen LogP contribution in [-0.2, 0) is 0 Å². The Morgan fingerprint density at radius 2 is 2.27 bits per heavy atom. The molecule has 15 heavy (non-hydrogen) atoms. The Morgan fingerprint density at radius 1 is 1.60 bits per heavy atom. The lowest BCUT2D eigenvalue weighted by Gasteiger charge is -2.10. The van der Waals surface area contributed by atoms with Gasteiger partial charge in [-0.2, -0.15) is 5.26 Å². The van der Waals surface area contributed by atoms with E-state index in [2.05, 4.69) is 0 Å². The zero-order valence-electron chi connectivity index (χ0n) is 8.24. The fourth-order valence-corrected chi connectivity index (χ4v) is 1.32. The lowest BCUT2D eigenvalue weighted by molar-refractivity contribution is 0.414. The van der Waals surface area contributed by atoms with E-state index in [-0.39, 0.29) is 24.9 Å². The number of benzene rings is 1. The molecule has 0 amide bonds. The maximum atomic E-state index is 8.49. The van der Waals surface area contributed by atoms with Crippen LogP contribution in [-0.4, -0.2) is 7.11 Å². The predicted molar refractivity (Wildman–Crippen MR) is 62.4 cm³/mol. The Kier molecular flexibility index (Phi) is 6.11. The highest BCUT2D eigenvalue weighted by atomic mass is 35.5. The molecular formula is C10H12Cl2N2O. The average molecular weight is 247 g/mol.